The number of benzene rings is 2. The average Bonchev–Trinajstić information content (AvgIpc) is 2.86. The molecule has 0 saturated carbocycles. The lowest BCUT2D eigenvalue weighted by Gasteiger charge is -2.10. The van der Waals surface area contributed by atoms with Crippen molar-refractivity contribution in [3.05, 3.63) is 83.1 Å². The summed E-state index contributed by atoms with van der Waals surface area (Å²) >= 11 is 0. The van der Waals surface area contributed by atoms with Crippen LogP contribution < -0.4 is 4.74 Å². The Kier molecular flexibility index (Phi) is 4.24. The standard InChI is InChI=1S/C19H19NO2/c1-14-15(2)22-19(20-14)13-21-18-11-7-6-10-17(18)12-16-8-4-3-5-9-16/h3-11H,12-13H2,1-2H3. The fourth-order valence-electron chi connectivity index (χ4n) is 2.35. The lowest BCUT2D eigenvalue weighted by molar-refractivity contribution is 0.258. The molecule has 3 heteroatoms. The Morgan fingerprint density at radius 3 is 2.41 bits per heavy atom. The van der Waals surface area contributed by atoms with E-state index in [1.807, 2.05) is 38.1 Å². The van der Waals surface area contributed by atoms with E-state index in [-0.39, 0.29) is 0 Å². The van der Waals surface area contributed by atoms with Crippen LogP contribution in [0.5, 0.6) is 5.75 Å². The Balaban J connectivity index is 1.73. The summed E-state index contributed by atoms with van der Waals surface area (Å²) in [6.07, 6.45) is 0.848. The first kappa shape index (κ1) is 14.4. The predicted octanol–water partition coefficient (Wildman–Crippen LogP) is 4.46. The third-order valence-corrected chi connectivity index (χ3v) is 3.63. The molecule has 3 aromatic rings. The molecule has 1 aromatic heterocycles. The second kappa shape index (κ2) is 6.48. The minimum Gasteiger partial charge on any atom is -0.484 e. The normalized spacial score (nSPS) is 10.6. The van der Waals surface area contributed by atoms with Gasteiger partial charge in [0.05, 0.1) is 5.69 Å². The van der Waals surface area contributed by atoms with Crippen LogP contribution in [0.1, 0.15) is 28.5 Å². The minimum atomic E-state index is 0.348. The third kappa shape index (κ3) is 3.37. The molecule has 0 aliphatic rings. The van der Waals surface area contributed by atoms with Crippen LogP contribution in [0.3, 0.4) is 0 Å². The van der Waals surface area contributed by atoms with Gasteiger partial charge in [0.1, 0.15) is 11.5 Å². The van der Waals surface area contributed by atoms with E-state index in [1.165, 1.54) is 5.56 Å². The van der Waals surface area contributed by atoms with Gasteiger partial charge in [0.25, 0.3) is 0 Å². The first-order valence-corrected chi connectivity index (χ1v) is 7.40. The number of rotatable bonds is 5. The van der Waals surface area contributed by atoms with Gasteiger partial charge in [-0.25, -0.2) is 4.98 Å². The predicted molar refractivity (Wildman–Crippen MR) is 86.0 cm³/mol. The highest BCUT2D eigenvalue weighted by Gasteiger charge is 2.08. The van der Waals surface area contributed by atoms with E-state index in [4.69, 9.17) is 9.15 Å². The first-order chi connectivity index (χ1) is 10.7. The van der Waals surface area contributed by atoms with Crippen LogP contribution in [0.25, 0.3) is 0 Å². The van der Waals surface area contributed by atoms with Gasteiger partial charge in [0, 0.05) is 6.42 Å². The monoisotopic (exact) mass is 293 g/mol. The van der Waals surface area contributed by atoms with E-state index in [0.717, 1.165) is 29.2 Å². The van der Waals surface area contributed by atoms with Gasteiger partial charge < -0.3 is 9.15 Å². The number of ether oxygens (including phenoxy) is 1. The number of aryl methyl sites for hydroxylation is 2. The Morgan fingerprint density at radius 1 is 0.955 bits per heavy atom. The van der Waals surface area contributed by atoms with E-state index >= 15 is 0 Å². The van der Waals surface area contributed by atoms with Crippen molar-refractivity contribution in [2.24, 2.45) is 0 Å². The van der Waals surface area contributed by atoms with E-state index in [2.05, 4.69) is 35.3 Å². The molecule has 0 radical (unpaired) electrons. The Morgan fingerprint density at radius 2 is 1.68 bits per heavy atom. The third-order valence-electron chi connectivity index (χ3n) is 3.63. The maximum absolute atomic E-state index is 5.91. The molecular weight excluding hydrogens is 274 g/mol. The second-order valence-electron chi connectivity index (χ2n) is 5.31. The molecule has 0 spiro atoms. The molecule has 0 fully saturated rings. The molecule has 3 nitrogen and oxygen atoms in total. The van der Waals surface area contributed by atoms with Gasteiger partial charge in [-0.2, -0.15) is 0 Å². The van der Waals surface area contributed by atoms with Crippen LogP contribution >= 0.6 is 0 Å². The number of nitrogens with zero attached hydrogens (tertiary/aromatic N) is 1. The lowest BCUT2D eigenvalue weighted by atomic mass is 10.0. The van der Waals surface area contributed by atoms with E-state index in [1.54, 1.807) is 0 Å². The number of hydrogen-bond donors (Lipinski definition) is 0. The topological polar surface area (TPSA) is 35.3 Å². The van der Waals surface area contributed by atoms with Gasteiger partial charge in [-0.1, -0.05) is 48.5 Å². The minimum absolute atomic E-state index is 0.348. The van der Waals surface area contributed by atoms with E-state index < -0.39 is 0 Å². The van der Waals surface area contributed by atoms with Crippen LogP contribution in [0.4, 0.5) is 0 Å². The first-order valence-electron chi connectivity index (χ1n) is 7.40. The van der Waals surface area contributed by atoms with Gasteiger partial charge in [-0.05, 0) is 31.0 Å². The summed E-state index contributed by atoms with van der Waals surface area (Å²) in [6, 6.07) is 18.5. The molecule has 0 aliphatic carbocycles. The molecular formula is C19H19NO2. The zero-order valence-corrected chi connectivity index (χ0v) is 12.9. The van der Waals surface area contributed by atoms with Gasteiger partial charge in [0.2, 0.25) is 5.89 Å². The molecule has 0 aliphatic heterocycles. The fourth-order valence-corrected chi connectivity index (χ4v) is 2.35. The zero-order valence-electron chi connectivity index (χ0n) is 12.9. The number of aromatic nitrogens is 1. The van der Waals surface area contributed by atoms with Gasteiger partial charge in [0.15, 0.2) is 6.61 Å². The molecule has 0 saturated heterocycles. The van der Waals surface area contributed by atoms with Crippen molar-refractivity contribution in [1.29, 1.82) is 0 Å². The highest BCUT2D eigenvalue weighted by molar-refractivity contribution is 5.37. The molecule has 2 aromatic carbocycles. The largest absolute Gasteiger partial charge is 0.484 e. The summed E-state index contributed by atoms with van der Waals surface area (Å²) in [4.78, 5) is 4.35. The summed E-state index contributed by atoms with van der Waals surface area (Å²) in [5, 5.41) is 0. The highest BCUT2D eigenvalue weighted by Crippen LogP contribution is 2.22. The Bertz CT molecular complexity index is 728. The van der Waals surface area contributed by atoms with Crippen molar-refractivity contribution in [2.45, 2.75) is 26.9 Å². The van der Waals surface area contributed by atoms with Crippen LogP contribution in [0, 0.1) is 13.8 Å². The zero-order chi connectivity index (χ0) is 15.4. The second-order valence-corrected chi connectivity index (χ2v) is 5.31. The summed E-state index contributed by atoms with van der Waals surface area (Å²) in [5.41, 5.74) is 3.34. The molecule has 0 bridgehead atoms. The van der Waals surface area contributed by atoms with Gasteiger partial charge >= 0.3 is 0 Å². The van der Waals surface area contributed by atoms with Crippen molar-refractivity contribution in [3.63, 3.8) is 0 Å². The highest BCUT2D eigenvalue weighted by atomic mass is 16.5. The number of oxazole rings is 1. The molecule has 0 N–H and O–H groups in total. The van der Waals surface area contributed by atoms with E-state index in [9.17, 15) is 0 Å². The molecule has 1 heterocycles. The van der Waals surface area contributed by atoms with Gasteiger partial charge in [-0.3, -0.25) is 0 Å². The van der Waals surface area contributed by atoms with Crippen molar-refractivity contribution >= 4 is 0 Å². The number of hydrogen-bond acceptors (Lipinski definition) is 3. The quantitative estimate of drug-likeness (QED) is 0.696. The Hall–Kier alpha value is -2.55. The molecule has 0 atom stereocenters. The summed E-state index contributed by atoms with van der Waals surface area (Å²) in [6.45, 7) is 4.20. The fraction of sp³-hybridized carbons (Fsp3) is 0.211. The summed E-state index contributed by atoms with van der Waals surface area (Å²) in [7, 11) is 0. The summed E-state index contributed by atoms with van der Waals surface area (Å²) in [5.74, 6) is 2.33. The Labute approximate surface area is 130 Å². The smallest absolute Gasteiger partial charge is 0.232 e. The van der Waals surface area contributed by atoms with E-state index in [0.29, 0.717) is 12.5 Å². The van der Waals surface area contributed by atoms with Crippen molar-refractivity contribution < 1.29 is 9.15 Å². The summed E-state index contributed by atoms with van der Waals surface area (Å²) < 4.78 is 11.5. The van der Waals surface area contributed by atoms with Crippen LogP contribution in [-0.2, 0) is 13.0 Å². The van der Waals surface area contributed by atoms with Crippen LogP contribution in [0.2, 0.25) is 0 Å². The molecule has 112 valence electrons. The maximum atomic E-state index is 5.91. The molecule has 0 amide bonds. The number of para-hydroxylation sites is 1. The molecule has 22 heavy (non-hydrogen) atoms. The average molecular weight is 293 g/mol. The maximum Gasteiger partial charge on any atom is 0.232 e. The van der Waals surface area contributed by atoms with Crippen molar-refractivity contribution in [1.82, 2.24) is 4.98 Å². The van der Waals surface area contributed by atoms with Crippen LogP contribution in [-0.4, -0.2) is 4.98 Å². The SMILES string of the molecule is Cc1nc(COc2ccccc2Cc2ccccc2)oc1C. The molecule has 0 unspecified atom stereocenters. The van der Waals surface area contributed by atoms with Crippen molar-refractivity contribution in [2.75, 3.05) is 0 Å². The molecule has 3 rings (SSSR count). The lowest BCUT2D eigenvalue weighted by Crippen LogP contribution is -1.99. The van der Waals surface area contributed by atoms with Gasteiger partial charge in [-0.15, -0.1) is 0 Å². The van der Waals surface area contributed by atoms with Crippen LogP contribution in [0.15, 0.2) is 59.0 Å². The van der Waals surface area contributed by atoms with Crippen molar-refractivity contribution in [3.8, 4) is 5.75 Å².